The lowest BCUT2D eigenvalue weighted by atomic mass is 10.1. The Morgan fingerprint density at radius 1 is 1.17 bits per heavy atom. The van der Waals surface area contributed by atoms with E-state index in [1.807, 2.05) is 55.5 Å². The van der Waals surface area contributed by atoms with Gasteiger partial charge in [0.05, 0.1) is 13.3 Å². The van der Waals surface area contributed by atoms with Crippen molar-refractivity contribution in [3.05, 3.63) is 64.4 Å². The van der Waals surface area contributed by atoms with E-state index in [4.69, 9.17) is 17.0 Å². The molecule has 0 aliphatic heterocycles. The van der Waals surface area contributed by atoms with Gasteiger partial charge in [-0.15, -0.1) is 0 Å². The van der Waals surface area contributed by atoms with Crippen molar-refractivity contribution in [3.8, 4) is 17.1 Å². The van der Waals surface area contributed by atoms with Gasteiger partial charge in [0.15, 0.2) is 5.82 Å². The number of methoxy groups -OCH3 is 1. The predicted molar refractivity (Wildman–Crippen MR) is 93.6 cm³/mol. The lowest BCUT2D eigenvalue weighted by Gasteiger charge is -2.03. The SMILES string of the molecule is COc1ccc(-c2n[nH]c(=S)n2/N=C\c2ccccc2C)cc1. The van der Waals surface area contributed by atoms with Crippen molar-refractivity contribution in [3.63, 3.8) is 0 Å². The van der Waals surface area contributed by atoms with Gasteiger partial charge >= 0.3 is 0 Å². The molecule has 23 heavy (non-hydrogen) atoms. The van der Waals surface area contributed by atoms with Crippen molar-refractivity contribution in [1.29, 1.82) is 0 Å². The molecule has 0 atom stereocenters. The molecule has 1 aromatic heterocycles. The van der Waals surface area contributed by atoms with Gasteiger partial charge in [0.1, 0.15) is 5.75 Å². The largest absolute Gasteiger partial charge is 0.497 e. The second kappa shape index (κ2) is 6.58. The smallest absolute Gasteiger partial charge is 0.216 e. The third kappa shape index (κ3) is 3.22. The van der Waals surface area contributed by atoms with Crippen LogP contribution in [0.2, 0.25) is 0 Å². The molecule has 5 nitrogen and oxygen atoms in total. The van der Waals surface area contributed by atoms with Crippen LogP contribution in [0.3, 0.4) is 0 Å². The van der Waals surface area contributed by atoms with E-state index in [1.54, 1.807) is 18.0 Å². The number of aryl methyl sites for hydroxylation is 1. The fourth-order valence-corrected chi connectivity index (χ4v) is 2.36. The Kier molecular flexibility index (Phi) is 4.34. The molecule has 2 aromatic carbocycles. The van der Waals surface area contributed by atoms with Gasteiger partial charge in [-0.05, 0) is 54.5 Å². The Labute approximate surface area is 139 Å². The zero-order valence-corrected chi connectivity index (χ0v) is 13.7. The normalized spacial score (nSPS) is 11.0. The molecule has 3 aromatic rings. The average molecular weight is 324 g/mol. The molecule has 116 valence electrons. The summed E-state index contributed by atoms with van der Waals surface area (Å²) in [4.78, 5) is 0. The van der Waals surface area contributed by atoms with Crippen molar-refractivity contribution in [2.45, 2.75) is 6.92 Å². The van der Waals surface area contributed by atoms with Crippen molar-refractivity contribution < 1.29 is 4.74 Å². The minimum Gasteiger partial charge on any atom is -0.497 e. The molecule has 1 heterocycles. The van der Waals surface area contributed by atoms with Crippen LogP contribution in [0.1, 0.15) is 11.1 Å². The Balaban J connectivity index is 1.99. The summed E-state index contributed by atoms with van der Waals surface area (Å²) in [7, 11) is 1.64. The molecular weight excluding hydrogens is 308 g/mol. The number of benzene rings is 2. The maximum Gasteiger partial charge on any atom is 0.216 e. The summed E-state index contributed by atoms with van der Waals surface area (Å²) in [5, 5.41) is 11.5. The monoisotopic (exact) mass is 324 g/mol. The van der Waals surface area contributed by atoms with Crippen LogP contribution < -0.4 is 4.74 Å². The highest BCUT2D eigenvalue weighted by molar-refractivity contribution is 7.71. The number of hydrogen-bond donors (Lipinski definition) is 1. The van der Waals surface area contributed by atoms with E-state index in [2.05, 4.69) is 15.3 Å². The highest BCUT2D eigenvalue weighted by Gasteiger charge is 2.08. The predicted octanol–water partition coefficient (Wildman–Crippen LogP) is 3.81. The molecule has 3 rings (SSSR count). The van der Waals surface area contributed by atoms with Crippen LogP contribution in [0.5, 0.6) is 5.75 Å². The molecule has 0 bridgehead atoms. The van der Waals surface area contributed by atoms with Gasteiger partial charge in [0, 0.05) is 5.56 Å². The van der Waals surface area contributed by atoms with Crippen LogP contribution in [0.25, 0.3) is 11.4 Å². The maximum absolute atomic E-state index is 5.28. The minimum absolute atomic E-state index is 0.445. The molecule has 0 fully saturated rings. The van der Waals surface area contributed by atoms with Gasteiger partial charge in [-0.1, -0.05) is 24.3 Å². The Morgan fingerprint density at radius 2 is 1.91 bits per heavy atom. The number of ether oxygens (including phenoxy) is 1. The summed E-state index contributed by atoms with van der Waals surface area (Å²) >= 11 is 5.28. The lowest BCUT2D eigenvalue weighted by molar-refractivity contribution is 0.415. The van der Waals surface area contributed by atoms with E-state index in [1.165, 1.54) is 0 Å². The summed E-state index contributed by atoms with van der Waals surface area (Å²) in [6.45, 7) is 2.04. The van der Waals surface area contributed by atoms with Gasteiger partial charge in [-0.25, -0.2) is 5.10 Å². The number of hydrogen-bond acceptors (Lipinski definition) is 4. The average Bonchev–Trinajstić information content (AvgIpc) is 2.95. The molecule has 0 saturated carbocycles. The highest BCUT2D eigenvalue weighted by atomic mass is 32.1. The van der Waals surface area contributed by atoms with Crippen LogP contribution in [-0.4, -0.2) is 28.2 Å². The summed E-state index contributed by atoms with van der Waals surface area (Å²) < 4.78 is 7.23. The number of rotatable bonds is 4. The number of H-pyrrole nitrogens is 1. The Hall–Kier alpha value is -2.73. The van der Waals surface area contributed by atoms with Crippen molar-refractivity contribution in [2.75, 3.05) is 7.11 Å². The van der Waals surface area contributed by atoms with Crippen LogP contribution in [0.15, 0.2) is 53.6 Å². The molecule has 0 aliphatic rings. The third-order valence-electron chi connectivity index (χ3n) is 3.50. The highest BCUT2D eigenvalue weighted by Crippen LogP contribution is 2.20. The second-order valence-corrected chi connectivity index (χ2v) is 5.38. The summed E-state index contributed by atoms with van der Waals surface area (Å²) in [5.74, 6) is 1.44. The summed E-state index contributed by atoms with van der Waals surface area (Å²) in [6, 6.07) is 15.6. The first-order valence-electron chi connectivity index (χ1n) is 7.11. The number of aromatic amines is 1. The maximum atomic E-state index is 5.28. The van der Waals surface area contributed by atoms with Crippen molar-refractivity contribution >= 4 is 18.4 Å². The van der Waals surface area contributed by atoms with Crippen LogP contribution in [0, 0.1) is 11.7 Å². The third-order valence-corrected chi connectivity index (χ3v) is 3.76. The van der Waals surface area contributed by atoms with E-state index in [-0.39, 0.29) is 0 Å². The van der Waals surface area contributed by atoms with Crippen LogP contribution in [0.4, 0.5) is 0 Å². The Bertz CT molecular complexity index is 893. The van der Waals surface area contributed by atoms with Crippen molar-refractivity contribution in [2.24, 2.45) is 5.10 Å². The molecule has 1 N–H and O–H groups in total. The van der Waals surface area contributed by atoms with E-state index in [0.29, 0.717) is 10.6 Å². The number of nitrogens with zero attached hydrogens (tertiary/aromatic N) is 3. The fraction of sp³-hybridized carbons (Fsp3) is 0.118. The molecular formula is C17H16N4OS. The van der Waals surface area contributed by atoms with Gasteiger partial charge in [0.2, 0.25) is 4.77 Å². The van der Waals surface area contributed by atoms with Gasteiger partial charge in [-0.2, -0.15) is 14.9 Å². The molecule has 6 heteroatoms. The van der Waals surface area contributed by atoms with E-state index >= 15 is 0 Å². The second-order valence-electron chi connectivity index (χ2n) is 4.99. The Morgan fingerprint density at radius 3 is 2.61 bits per heavy atom. The molecule has 0 aliphatic carbocycles. The number of aromatic nitrogens is 3. The zero-order chi connectivity index (χ0) is 16.2. The van der Waals surface area contributed by atoms with E-state index in [0.717, 1.165) is 22.4 Å². The molecule has 0 spiro atoms. The van der Waals surface area contributed by atoms with Crippen LogP contribution in [-0.2, 0) is 0 Å². The molecule has 0 radical (unpaired) electrons. The fourth-order valence-electron chi connectivity index (χ4n) is 2.18. The molecule has 0 amide bonds. The van der Waals surface area contributed by atoms with Gasteiger partial charge < -0.3 is 4.74 Å². The topological polar surface area (TPSA) is 55.2 Å². The number of nitrogens with one attached hydrogen (secondary N) is 1. The van der Waals surface area contributed by atoms with Crippen LogP contribution >= 0.6 is 12.2 Å². The van der Waals surface area contributed by atoms with E-state index < -0.39 is 0 Å². The van der Waals surface area contributed by atoms with Crippen molar-refractivity contribution in [1.82, 2.24) is 14.9 Å². The van der Waals surface area contributed by atoms with Gasteiger partial charge in [0.25, 0.3) is 0 Å². The molecule has 0 unspecified atom stereocenters. The first kappa shape index (κ1) is 15.2. The minimum atomic E-state index is 0.445. The summed E-state index contributed by atoms with van der Waals surface area (Å²) in [6.07, 6.45) is 1.79. The quantitative estimate of drug-likeness (QED) is 0.586. The molecule has 0 saturated heterocycles. The standard InChI is InChI=1S/C17H16N4OS/c1-12-5-3-4-6-14(12)11-18-21-16(19-20-17(21)23)13-7-9-15(22-2)10-8-13/h3-11H,1-2H3,(H,20,23)/b18-11-. The summed E-state index contributed by atoms with van der Waals surface area (Å²) in [5.41, 5.74) is 3.09. The first-order valence-corrected chi connectivity index (χ1v) is 7.51. The first-order chi connectivity index (χ1) is 11.2. The van der Waals surface area contributed by atoms with Gasteiger partial charge in [-0.3, -0.25) is 0 Å². The van der Waals surface area contributed by atoms with E-state index in [9.17, 15) is 0 Å². The lowest BCUT2D eigenvalue weighted by Crippen LogP contribution is -1.96. The zero-order valence-electron chi connectivity index (χ0n) is 12.9.